The van der Waals surface area contributed by atoms with Gasteiger partial charge in [0.1, 0.15) is 11.6 Å². The zero-order valence-electron chi connectivity index (χ0n) is 9.26. The molecule has 0 unspecified atom stereocenters. The Morgan fingerprint density at radius 3 is 2.76 bits per heavy atom. The van der Waals surface area contributed by atoms with E-state index in [2.05, 4.69) is 10.5 Å². The van der Waals surface area contributed by atoms with E-state index >= 15 is 0 Å². The normalized spacial score (nSPS) is 11.2. The van der Waals surface area contributed by atoms with Crippen molar-refractivity contribution in [3.05, 3.63) is 29.8 Å². The smallest absolute Gasteiger partial charge is 0.224 e. The maximum atomic E-state index is 11.5. The van der Waals surface area contributed by atoms with Crippen LogP contribution in [0.15, 0.2) is 29.4 Å². The van der Waals surface area contributed by atoms with Gasteiger partial charge in [-0.25, -0.2) is 0 Å². The molecule has 0 spiro atoms. The van der Waals surface area contributed by atoms with E-state index in [1.54, 1.807) is 18.2 Å². The predicted octanol–water partition coefficient (Wildman–Crippen LogP) is 0.187. The Morgan fingerprint density at radius 2 is 2.12 bits per heavy atom. The summed E-state index contributed by atoms with van der Waals surface area (Å²) in [4.78, 5) is 11.5. The minimum atomic E-state index is -0.225. The van der Waals surface area contributed by atoms with Crippen LogP contribution in [0.25, 0.3) is 0 Å². The van der Waals surface area contributed by atoms with Crippen molar-refractivity contribution in [1.82, 2.24) is 5.32 Å². The second kappa shape index (κ2) is 6.37. The number of hydrogen-bond acceptors (Lipinski definition) is 4. The zero-order valence-corrected chi connectivity index (χ0v) is 9.26. The number of oxime groups is 1. The molecule has 1 rings (SSSR count). The highest BCUT2D eigenvalue weighted by atomic mass is 16.4. The maximum absolute atomic E-state index is 11.5. The van der Waals surface area contributed by atoms with Crippen LogP contribution in [0.3, 0.4) is 0 Å². The van der Waals surface area contributed by atoms with Crippen molar-refractivity contribution in [3.63, 3.8) is 0 Å². The van der Waals surface area contributed by atoms with Crippen molar-refractivity contribution >= 4 is 11.7 Å². The summed E-state index contributed by atoms with van der Waals surface area (Å²) >= 11 is 0. The van der Waals surface area contributed by atoms with Gasteiger partial charge in [0.25, 0.3) is 0 Å². The molecular weight excluding hydrogens is 222 g/mol. The van der Waals surface area contributed by atoms with Crippen molar-refractivity contribution in [3.8, 4) is 5.75 Å². The van der Waals surface area contributed by atoms with Crippen molar-refractivity contribution in [1.29, 1.82) is 0 Å². The summed E-state index contributed by atoms with van der Waals surface area (Å²) in [5.74, 6) is -0.0656. The van der Waals surface area contributed by atoms with Crippen LogP contribution in [0.1, 0.15) is 12.0 Å². The van der Waals surface area contributed by atoms with Crippen molar-refractivity contribution in [2.24, 2.45) is 10.9 Å². The number of carbonyl (C=O) groups is 1. The van der Waals surface area contributed by atoms with E-state index in [1.165, 1.54) is 6.07 Å². The van der Waals surface area contributed by atoms with Gasteiger partial charge in [-0.2, -0.15) is 0 Å². The molecule has 0 radical (unpaired) electrons. The van der Waals surface area contributed by atoms with Gasteiger partial charge >= 0.3 is 0 Å². The Hall–Kier alpha value is -2.24. The van der Waals surface area contributed by atoms with Gasteiger partial charge in [0.05, 0.1) is 6.42 Å². The van der Waals surface area contributed by atoms with Crippen LogP contribution in [-0.4, -0.2) is 28.6 Å². The standard InChI is InChI=1S/C11H15N3O3/c12-10(14-17)5-6-13-11(16)7-8-3-1-2-4-9(8)15/h1-4,15,17H,5-7H2,(H2,12,14)(H,13,16). The van der Waals surface area contributed by atoms with Crippen LogP contribution in [0.2, 0.25) is 0 Å². The Labute approximate surface area is 98.7 Å². The first kappa shape index (κ1) is 12.8. The fourth-order valence-electron chi connectivity index (χ4n) is 1.28. The van der Waals surface area contributed by atoms with Crippen molar-refractivity contribution in [2.45, 2.75) is 12.8 Å². The molecule has 6 nitrogen and oxygen atoms in total. The molecule has 0 bridgehead atoms. The lowest BCUT2D eigenvalue weighted by Crippen LogP contribution is -2.29. The third kappa shape index (κ3) is 4.42. The van der Waals surface area contributed by atoms with E-state index < -0.39 is 0 Å². The number of aromatic hydroxyl groups is 1. The average molecular weight is 237 g/mol. The largest absolute Gasteiger partial charge is 0.508 e. The number of amides is 1. The fourth-order valence-corrected chi connectivity index (χ4v) is 1.28. The second-order valence-corrected chi connectivity index (χ2v) is 3.50. The highest BCUT2D eigenvalue weighted by molar-refractivity contribution is 5.82. The molecular formula is C11H15N3O3. The molecule has 0 aliphatic rings. The molecule has 5 N–H and O–H groups in total. The van der Waals surface area contributed by atoms with Gasteiger partial charge in [-0.05, 0) is 6.07 Å². The molecule has 0 fully saturated rings. The Kier molecular flexibility index (Phi) is 4.80. The number of amidine groups is 1. The summed E-state index contributed by atoms with van der Waals surface area (Å²) in [5.41, 5.74) is 5.81. The Bertz CT molecular complexity index is 418. The Morgan fingerprint density at radius 1 is 1.41 bits per heavy atom. The lowest BCUT2D eigenvalue weighted by Gasteiger charge is -2.05. The van der Waals surface area contributed by atoms with Gasteiger partial charge < -0.3 is 21.4 Å². The molecule has 92 valence electrons. The van der Waals surface area contributed by atoms with E-state index in [9.17, 15) is 9.90 Å². The number of benzene rings is 1. The molecule has 6 heteroatoms. The maximum Gasteiger partial charge on any atom is 0.224 e. The second-order valence-electron chi connectivity index (χ2n) is 3.50. The number of phenolic OH excluding ortho intramolecular Hbond substituents is 1. The highest BCUT2D eigenvalue weighted by Crippen LogP contribution is 2.15. The van der Waals surface area contributed by atoms with Gasteiger partial charge in [0.15, 0.2) is 0 Å². The topological polar surface area (TPSA) is 108 Å². The van der Waals surface area contributed by atoms with Crippen LogP contribution in [-0.2, 0) is 11.2 Å². The van der Waals surface area contributed by atoms with Crippen LogP contribution < -0.4 is 11.1 Å². The molecule has 0 atom stereocenters. The lowest BCUT2D eigenvalue weighted by atomic mass is 10.1. The van der Waals surface area contributed by atoms with Crippen LogP contribution in [0.4, 0.5) is 0 Å². The minimum Gasteiger partial charge on any atom is -0.508 e. The van der Waals surface area contributed by atoms with Crippen molar-refractivity contribution < 1.29 is 15.1 Å². The first-order valence-corrected chi connectivity index (χ1v) is 5.13. The van der Waals surface area contributed by atoms with E-state index in [0.29, 0.717) is 12.1 Å². The number of carbonyl (C=O) groups excluding carboxylic acids is 1. The molecule has 1 aromatic carbocycles. The summed E-state index contributed by atoms with van der Waals surface area (Å²) in [6.07, 6.45) is 0.381. The van der Waals surface area contributed by atoms with Gasteiger partial charge in [-0.1, -0.05) is 23.4 Å². The van der Waals surface area contributed by atoms with E-state index in [4.69, 9.17) is 10.9 Å². The van der Waals surface area contributed by atoms with Gasteiger partial charge in [0.2, 0.25) is 5.91 Å². The fraction of sp³-hybridized carbons (Fsp3) is 0.273. The SMILES string of the molecule is N/C(CCNC(=O)Cc1ccccc1O)=N/O. The number of nitrogens with one attached hydrogen (secondary N) is 1. The van der Waals surface area contributed by atoms with Crippen LogP contribution in [0, 0.1) is 0 Å². The van der Waals surface area contributed by atoms with Crippen LogP contribution in [0.5, 0.6) is 5.75 Å². The third-order valence-corrected chi connectivity index (χ3v) is 2.17. The van der Waals surface area contributed by atoms with Gasteiger partial charge in [-0.3, -0.25) is 4.79 Å². The molecule has 0 aliphatic carbocycles. The minimum absolute atomic E-state index is 0.0628. The lowest BCUT2D eigenvalue weighted by molar-refractivity contribution is -0.120. The molecule has 17 heavy (non-hydrogen) atoms. The first-order valence-electron chi connectivity index (χ1n) is 5.13. The monoisotopic (exact) mass is 237 g/mol. The Balaban J connectivity index is 2.38. The number of nitrogens with zero attached hydrogens (tertiary/aromatic N) is 1. The molecule has 0 aromatic heterocycles. The number of nitrogens with two attached hydrogens (primary N) is 1. The number of para-hydroxylation sites is 1. The summed E-state index contributed by atoms with van der Waals surface area (Å²) < 4.78 is 0. The van der Waals surface area contributed by atoms with Gasteiger partial charge in [-0.15, -0.1) is 0 Å². The average Bonchev–Trinajstić information content (AvgIpc) is 2.32. The summed E-state index contributed by atoms with van der Waals surface area (Å²) in [6.45, 7) is 0.294. The molecule has 0 saturated heterocycles. The molecule has 0 aliphatic heterocycles. The molecule has 0 heterocycles. The summed E-state index contributed by atoms with van der Waals surface area (Å²) in [5, 5.41) is 23.1. The van der Waals surface area contributed by atoms with E-state index in [0.717, 1.165) is 0 Å². The molecule has 1 amide bonds. The number of hydrogen-bond donors (Lipinski definition) is 4. The number of phenols is 1. The van der Waals surface area contributed by atoms with Crippen molar-refractivity contribution in [2.75, 3.05) is 6.54 Å². The van der Waals surface area contributed by atoms with E-state index in [-0.39, 0.29) is 30.3 Å². The summed E-state index contributed by atoms with van der Waals surface area (Å²) in [7, 11) is 0. The predicted molar refractivity (Wildman–Crippen MR) is 62.8 cm³/mol. The van der Waals surface area contributed by atoms with E-state index in [1.807, 2.05) is 0 Å². The quantitative estimate of drug-likeness (QED) is 0.254. The van der Waals surface area contributed by atoms with Gasteiger partial charge in [0, 0.05) is 18.5 Å². The highest BCUT2D eigenvalue weighted by Gasteiger charge is 2.06. The zero-order chi connectivity index (χ0) is 12.7. The van der Waals surface area contributed by atoms with Crippen LogP contribution >= 0.6 is 0 Å². The number of rotatable bonds is 5. The first-order chi connectivity index (χ1) is 8.13. The molecule has 0 saturated carbocycles. The molecule has 1 aromatic rings. The third-order valence-electron chi connectivity index (χ3n) is 2.17. The summed E-state index contributed by atoms with van der Waals surface area (Å²) in [6, 6.07) is 6.64.